The zero-order valence-corrected chi connectivity index (χ0v) is 12.9. The van der Waals surface area contributed by atoms with Gasteiger partial charge in [-0.05, 0) is 31.9 Å². The molecule has 0 aromatic heterocycles. The highest BCUT2D eigenvalue weighted by Gasteiger charge is 2.30. The van der Waals surface area contributed by atoms with Crippen LogP contribution in [0, 0.1) is 0 Å². The molecule has 1 aromatic carbocycles. The molecule has 1 aliphatic rings. The molecule has 4 nitrogen and oxygen atoms in total. The van der Waals surface area contributed by atoms with Crippen LogP contribution in [-0.4, -0.2) is 37.0 Å². The number of anilines is 1. The van der Waals surface area contributed by atoms with Crippen molar-refractivity contribution in [1.29, 1.82) is 0 Å². The zero-order chi connectivity index (χ0) is 13.8. The summed E-state index contributed by atoms with van der Waals surface area (Å²) >= 11 is 3.42. The van der Waals surface area contributed by atoms with Crippen molar-refractivity contribution in [3.63, 3.8) is 0 Å². The number of carbonyl (C=O) groups excluding carboxylic acids is 1. The first-order valence-electron chi connectivity index (χ1n) is 6.52. The first-order chi connectivity index (χ1) is 9.13. The van der Waals surface area contributed by atoms with Gasteiger partial charge in [0.2, 0.25) is 5.91 Å². The van der Waals surface area contributed by atoms with Gasteiger partial charge in [-0.15, -0.1) is 0 Å². The summed E-state index contributed by atoms with van der Waals surface area (Å²) < 4.78 is 6.12. The van der Waals surface area contributed by atoms with Gasteiger partial charge in [0.15, 0.2) is 0 Å². The fraction of sp³-hybridized carbons (Fsp3) is 0.500. The molecule has 1 N–H and O–H groups in total. The number of halogens is 1. The smallest absolute Gasteiger partial charge is 0.242 e. The van der Waals surface area contributed by atoms with E-state index >= 15 is 0 Å². The van der Waals surface area contributed by atoms with Crippen LogP contribution in [0.1, 0.15) is 19.8 Å². The second-order valence-corrected chi connectivity index (χ2v) is 5.56. The van der Waals surface area contributed by atoms with Crippen molar-refractivity contribution in [2.75, 3.05) is 25.5 Å². The number of benzene rings is 1. The molecule has 0 saturated heterocycles. The largest absolute Gasteiger partial charge is 0.497 e. The number of ether oxygens (including phenoxy) is 1. The maximum Gasteiger partial charge on any atom is 0.242 e. The minimum absolute atomic E-state index is 0.156. The second kappa shape index (κ2) is 6.28. The average molecular weight is 327 g/mol. The van der Waals surface area contributed by atoms with Crippen LogP contribution in [0.5, 0.6) is 5.75 Å². The summed E-state index contributed by atoms with van der Waals surface area (Å²) in [6, 6.07) is 6.17. The lowest BCUT2D eigenvalue weighted by molar-refractivity contribution is -0.129. The third-order valence-corrected chi connectivity index (χ3v) is 3.66. The number of hydrogen-bond acceptors (Lipinski definition) is 3. The molecule has 2 rings (SSSR count). The van der Waals surface area contributed by atoms with Crippen LogP contribution >= 0.6 is 15.9 Å². The number of nitrogens with one attached hydrogen (secondary N) is 1. The van der Waals surface area contributed by atoms with E-state index in [0.717, 1.165) is 35.3 Å². The van der Waals surface area contributed by atoms with Gasteiger partial charge in [-0.3, -0.25) is 4.79 Å². The Hall–Kier alpha value is -1.23. The molecular weight excluding hydrogens is 308 g/mol. The number of hydrogen-bond donors (Lipinski definition) is 1. The summed E-state index contributed by atoms with van der Waals surface area (Å²) in [4.78, 5) is 14.0. The summed E-state index contributed by atoms with van der Waals surface area (Å²) in [6.07, 6.45) is 2.29. The second-order valence-electron chi connectivity index (χ2n) is 4.64. The highest BCUT2D eigenvalue weighted by atomic mass is 79.9. The molecule has 1 amide bonds. The molecule has 0 spiro atoms. The third kappa shape index (κ3) is 3.86. The van der Waals surface area contributed by atoms with Gasteiger partial charge >= 0.3 is 0 Å². The molecule has 1 saturated carbocycles. The first kappa shape index (κ1) is 14.2. The molecule has 1 aromatic rings. The summed E-state index contributed by atoms with van der Waals surface area (Å²) in [5.74, 6) is 0.919. The van der Waals surface area contributed by atoms with Crippen molar-refractivity contribution in [1.82, 2.24) is 4.90 Å². The minimum atomic E-state index is 0.156. The summed E-state index contributed by atoms with van der Waals surface area (Å²) in [5, 5.41) is 3.16. The van der Waals surface area contributed by atoms with Crippen LogP contribution in [0.3, 0.4) is 0 Å². The summed E-state index contributed by atoms with van der Waals surface area (Å²) in [7, 11) is 1.63. The Morgan fingerprint density at radius 2 is 2.21 bits per heavy atom. The van der Waals surface area contributed by atoms with Gasteiger partial charge < -0.3 is 15.0 Å². The van der Waals surface area contributed by atoms with E-state index in [4.69, 9.17) is 4.74 Å². The van der Waals surface area contributed by atoms with Crippen molar-refractivity contribution in [2.45, 2.75) is 25.8 Å². The van der Waals surface area contributed by atoms with Gasteiger partial charge in [0.25, 0.3) is 0 Å². The van der Waals surface area contributed by atoms with Crippen LogP contribution < -0.4 is 10.1 Å². The Morgan fingerprint density at radius 1 is 1.47 bits per heavy atom. The molecule has 5 heteroatoms. The van der Waals surface area contributed by atoms with E-state index in [1.54, 1.807) is 7.11 Å². The number of carbonyl (C=O) groups is 1. The van der Waals surface area contributed by atoms with Gasteiger partial charge in [-0.25, -0.2) is 0 Å². The predicted octanol–water partition coefficient (Wildman–Crippen LogP) is 2.88. The van der Waals surface area contributed by atoms with Crippen molar-refractivity contribution in [3.05, 3.63) is 22.7 Å². The number of likely N-dealkylation sites (N-methyl/N-ethyl adjacent to an activating group) is 1. The van der Waals surface area contributed by atoms with Gasteiger partial charge in [0.05, 0.1) is 13.7 Å². The standard InChI is InChI=1S/C14H19BrN2O2/c1-3-17(12-4-5-12)14(18)9-16-11-6-10(15)7-13(8-11)19-2/h6-8,12,16H,3-5,9H2,1-2H3. The molecule has 0 heterocycles. The Morgan fingerprint density at radius 3 is 2.79 bits per heavy atom. The lowest BCUT2D eigenvalue weighted by atomic mass is 10.3. The Kier molecular flexibility index (Phi) is 4.69. The maximum absolute atomic E-state index is 12.1. The average Bonchev–Trinajstić information content (AvgIpc) is 3.21. The van der Waals surface area contributed by atoms with Crippen LogP contribution in [0.4, 0.5) is 5.69 Å². The van der Waals surface area contributed by atoms with E-state index in [1.807, 2.05) is 30.0 Å². The van der Waals surface area contributed by atoms with Crippen LogP contribution in [0.25, 0.3) is 0 Å². The number of rotatable bonds is 6. The van der Waals surface area contributed by atoms with Crippen LogP contribution in [0.2, 0.25) is 0 Å². The number of nitrogens with zero attached hydrogens (tertiary/aromatic N) is 1. The van der Waals surface area contributed by atoms with Gasteiger partial charge in [0, 0.05) is 28.8 Å². The van der Waals surface area contributed by atoms with E-state index in [9.17, 15) is 4.79 Å². The van der Waals surface area contributed by atoms with Crippen molar-refractivity contribution >= 4 is 27.5 Å². The van der Waals surface area contributed by atoms with E-state index < -0.39 is 0 Å². The van der Waals surface area contributed by atoms with Crippen molar-refractivity contribution in [2.24, 2.45) is 0 Å². The lowest BCUT2D eigenvalue weighted by Crippen LogP contribution is -2.37. The first-order valence-corrected chi connectivity index (χ1v) is 7.31. The molecular formula is C14H19BrN2O2. The molecule has 1 aliphatic carbocycles. The minimum Gasteiger partial charge on any atom is -0.497 e. The quantitative estimate of drug-likeness (QED) is 0.874. The summed E-state index contributed by atoms with van der Waals surface area (Å²) in [6.45, 7) is 3.13. The predicted molar refractivity (Wildman–Crippen MR) is 79.6 cm³/mol. The Balaban J connectivity index is 1.94. The molecule has 0 atom stereocenters. The molecule has 19 heavy (non-hydrogen) atoms. The third-order valence-electron chi connectivity index (χ3n) is 3.20. The van der Waals surface area contributed by atoms with Gasteiger partial charge in [0.1, 0.15) is 5.75 Å². The Bertz CT molecular complexity index is 461. The molecule has 1 fully saturated rings. The lowest BCUT2D eigenvalue weighted by Gasteiger charge is -2.21. The van der Waals surface area contributed by atoms with E-state index in [0.29, 0.717) is 12.6 Å². The zero-order valence-electron chi connectivity index (χ0n) is 11.3. The van der Waals surface area contributed by atoms with E-state index in [2.05, 4.69) is 21.2 Å². The van der Waals surface area contributed by atoms with Gasteiger partial charge in [-0.1, -0.05) is 15.9 Å². The molecule has 0 unspecified atom stereocenters. The van der Waals surface area contributed by atoms with Crippen molar-refractivity contribution in [3.8, 4) is 5.75 Å². The summed E-state index contributed by atoms with van der Waals surface area (Å²) in [5.41, 5.74) is 0.881. The van der Waals surface area contributed by atoms with Crippen molar-refractivity contribution < 1.29 is 9.53 Å². The highest BCUT2D eigenvalue weighted by Crippen LogP contribution is 2.27. The SMILES string of the molecule is CCN(C(=O)CNc1cc(Br)cc(OC)c1)C1CC1. The fourth-order valence-electron chi connectivity index (χ4n) is 2.09. The molecule has 104 valence electrons. The van der Waals surface area contributed by atoms with Gasteiger partial charge in [-0.2, -0.15) is 0 Å². The molecule has 0 radical (unpaired) electrons. The number of methoxy groups -OCH3 is 1. The maximum atomic E-state index is 12.1. The fourth-order valence-corrected chi connectivity index (χ4v) is 2.56. The number of amides is 1. The van der Waals surface area contributed by atoms with Crippen LogP contribution in [-0.2, 0) is 4.79 Å². The molecule has 0 aliphatic heterocycles. The topological polar surface area (TPSA) is 41.6 Å². The normalized spacial score (nSPS) is 14.1. The monoisotopic (exact) mass is 326 g/mol. The van der Waals surface area contributed by atoms with E-state index in [1.165, 1.54) is 0 Å². The molecule has 0 bridgehead atoms. The van der Waals surface area contributed by atoms with E-state index in [-0.39, 0.29) is 5.91 Å². The highest BCUT2D eigenvalue weighted by molar-refractivity contribution is 9.10. The van der Waals surface area contributed by atoms with Crippen LogP contribution in [0.15, 0.2) is 22.7 Å². The Labute approximate surface area is 122 Å².